The highest BCUT2D eigenvalue weighted by atomic mass is 16.5. The van der Waals surface area contributed by atoms with Crippen LogP contribution in [-0.2, 0) is 9.53 Å². The fourth-order valence-corrected chi connectivity index (χ4v) is 3.84. The van der Waals surface area contributed by atoms with Crippen molar-refractivity contribution < 1.29 is 19.1 Å². The fourth-order valence-electron chi connectivity index (χ4n) is 3.84. The Kier molecular flexibility index (Phi) is 6.91. The van der Waals surface area contributed by atoms with E-state index in [4.69, 9.17) is 9.47 Å². The molecule has 0 saturated carbocycles. The minimum Gasteiger partial charge on any atom is -0.490 e. The number of nitrogens with zero attached hydrogens (tertiary/aromatic N) is 3. The standard InChI is InChI=1S/C21H31N3O4/c1-22(2)17-8-11-24(14-17)21(26)16-4-6-18(7-5-16)28-19-9-12-23(13-10-19)20(25)15-27-3/h4-7,17,19H,8-15H2,1-3H3/t17-/m0/s1. The first-order valence-corrected chi connectivity index (χ1v) is 9.97. The SMILES string of the molecule is COCC(=O)N1CCC(Oc2ccc(C(=O)N3CC[C@H](N(C)C)C3)cc2)CC1. The number of likely N-dealkylation sites (tertiary alicyclic amines) is 2. The molecular formula is C21H31N3O4. The van der Waals surface area contributed by atoms with Gasteiger partial charge in [-0.2, -0.15) is 0 Å². The van der Waals surface area contributed by atoms with Crippen molar-refractivity contribution >= 4 is 11.8 Å². The zero-order valence-electron chi connectivity index (χ0n) is 17.1. The quantitative estimate of drug-likeness (QED) is 0.738. The summed E-state index contributed by atoms with van der Waals surface area (Å²) in [5.74, 6) is 0.883. The van der Waals surface area contributed by atoms with E-state index < -0.39 is 0 Å². The number of benzene rings is 1. The van der Waals surface area contributed by atoms with Crippen LogP contribution >= 0.6 is 0 Å². The summed E-state index contributed by atoms with van der Waals surface area (Å²) in [5, 5.41) is 0. The number of rotatable bonds is 6. The van der Waals surface area contributed by atoms with Gasteiger partial charge in [0.25, 0.3) is 5.91 Å². The maximum absolute atomic E-state index is 12.7. The smallest absolute Gasteiger partial charge is 0.253 e. The van der Waals surface area contributed by atoms with Crippen molar-refractivity contribution in [1.82, 2.24) is 14.7 Å². The van der Waals surface area contributed by atoms with E-state index in [1.807, 2.05) is 34.1 Å². The molecule has 0 N–H and O–H groups in total. The van der Waals surface area contributed by atoms with Gasteiger partial charge in [0.15, 0.2) is 0 Å². The molecule has 1 aromatic carbocycles. The van der Waals surface area contributed by atoms with Crippen molar-refractivity contribution in [2.45, 2.75) is 31.4 Å². The normalized spacial score (nSPS) is 20.6. The molecule has 3 rings (SSSR count). The molecule has 0 spiro atoms. The Morgan fingerprint density at radius 3 is 2.25 bits per heavy atom. The van der Waals surface area contributed by atoms with Crippen molar-refractivity contribution in [3.8, 4) is 5.75 Å². The van der Waals surface area contributed by atoms with E-state index in [0.717, 1.165) is 38.1 Å². The molecule has 2 aliphatic heterocycles. The summed E-state index contributed by atoms with van der Waals surface area (Å²) >= 11 is 0. The second kappa shape index (κ2) is 9.39. The Hall–Kier alpha value is -2.12. The number of carbonyl (C=O) groups is 2. The topological polar surface area (TPSA) is 62.3 Å². The molecule has 0 aromatic heterocycles. The Morgan fingerprint density at radius 1 is 1.04 bits per heavy atom. The maximum atomic E-state index is 12.7. The molecule has 7 nitrogen and oxygen atoms in total. The summed E-state index contributed by atoms with van der Waals surface area (Å²) in [4.78, 5) is 30.5. The van der Waals surface area contributed by atoms with Gasteiger partial charge in [0.05, 0.1) is 0 Å². The Bertz CT molecular complexity index is 669. The average molecular weight is 389 g/mol. The average Bonchev–Trinajstić information content (AvgIpc) is 3.19. The number of piperidine rings is 1. The summed E-state index contributed by atoms with van der Waals surface area (Å²) in [6, 6.07) is 7.87. The second-order valence-electron chi connectivity index (χ2n) is 7.81. The third kappa shape index (κ3) is 5.02. The van der Waals surface area contributed by atoms with Crippen LogP contribution in [-0.4, -0.2) is 92.7 Å². The Balaban J connectivity index is 1.49. The first-order chi connectivity index (χ1) is 13.5. The number of hydrogen-bond acceptors (Lipinski definition) is 5. The van der Waals surface area contributed by atoms with E-state index in [0.29, 0.717) is 24.7 Å². The van der Waals surface area contributed by atoms with Gasteiger partial charge in [-0.05, 0) is 44.8 Å². The highest BCUT2D eigenvalue weighted by Crippen LogP contribution is 2.22. The molecule has 28 heavy (non-hydrogen) atoms. The van der Waals surface area contributed by atoms with Crippen LogP contribution in [0.25, 0.3) is 0 Å². The third-order valence-electron chi connectivity index (χ3n) is 5.65. The molecule has 0 unspecified atom stereocenters. The highest BCUT2D eigenvalue weighted by Gasteiger charge is 2.28. The van der Waals surface area contributed by atoms with Crippen LogP contribution in [0, 0.1) is 0 Å². The van der Waals surface area contributed by atoms with Gasteiger partial charge >= 0.3 is 0 Å². The van der Waals surface area contributed by atoms with E-state index in [1.165, 1.54) is 7.11 Å². The highest BCUT2D eigenvalue weighted by molar-refractivity contribution is 5.94. The Labute approximate surface area is 167 Å². The second-order valence-corrected chi connectivity index (χ2v) is 7.81. The lowest BCUT2D eigenvalue weighted by atomic mass is 10.1. The molecule has 0 radical (unpaired) electrons. The zero-order valence-corrected chi connectivity index (χ0v) is 17.1. The van der Waals surface area contributed by atoms with Crippen LogP contribution in [0.4, 0.5) is 0 Å². The van der Waals surface area contributed by atoms with Gasteiger partial charge in [-0.3, -0.25) is 9.59 Å². The van der Waals surface area contributed by atoms with Gasteiger partial charge in [0.1, 0.15) is 18.5 Å². The van der Waals surface area contributed by atoms with Gasteiger partial charge in [0, 0.05) is 57.7 Å². The van der Waals surface area contributed by atoms with Gasteiger partial charge in [-0.15, -0.1) is 0 Å². The van der Waals surface area contributed by atoms with Gasteiger partial charge in [0.2, 0.25) is 5.91 Å². The lowest BCUT2D eigenvalue weighted by Crippen LogP contribution is -2.43. The third-order valence-corrected chi connectivity index (χ3v) is 5.65. The minimum absolute atomic E-state index is 0.0298. The molecule has 2 saturated heterocycles. The van der Waals surface area contributed by atoms with E-state index in [-0.39, 0.29) is 24.5 Å². The number of carbonyl (C=O) groups excluding carboxylic acids is 2. The van der Waals surface area contributed by atoms with Gasteiger partial charge < -0.3 is 24.2 Å². The van der Waals surface area contributed by atoms with Gasteiger partial charge in [-0.1, -0.05) is 0 Å². The first kappa shape index (κ1) is 20.6. The lowest BCUT2D eigenvalue weighted by molar-refractivity contribution is -0.136. The van der Waals surface area contributed by atoms with Crippen molar-refractivity contribution in [2.24, 2.45) is 0 Å². The zero-order chi connectivity index (χ0) is 20.1. The van der Waals surface area contributed by atoms with Crippen molar-refractivity contribution in [2.75, 3.05) is 54.0 Å². The predicted octanol–water partition coefficient (Wildman–Crippen LogP) is 1.48. The summed E-state index contributed by atoms with van der Waals surface area (Å²) in [5.41, 5.74) is 0.701. The number of amides is 2. The van der Waals surface area contributed by atoms with E-state index in [1.54, 1.807) is 0 Å². The molecular weight excluding hydrogens is 358 g/mol. The molecule has 2 amide bonds. The molecule has 2 fully saturated rings. The van der Waals surface area contributed by atoms with Crippen molar-refractivity contribution in [1.29, 1.82) is 0 Å². The molecule has 7 heteroatoms. The summed E-state index contributed by atoms with van der Waals surface area (Å²) in [6.07, 6.45) is 2.71. The van der Waals surface area contributed by atoms with Crippen LogP contribution in [0.5, 0.6) is 5.75 Å². The Morgan fingerprint density at radius 2 is 1.68 bits per heavy atom. The molecule has 1 atom stereocenters. The number of likely N-dealkylation sites (N-methyl/N-ethyl adjacent to an activating group) is 1. The molecule has 0 aliphatic carbocycles. The molecule has 0 bridgehead atoms. The van der Waals surface area contributed by atoms with Crippen LogP contribution < -0.4 is 4.74 Å². The van der Waals surface area contributed by atoms with Gasteiger partial charge in [-0.25, -0.2) is 0 Å². The molecule has 2 heterocycles. The van der Waals surface area contributed by atoms with Crippen LogP contribution in [0.3, 0.4) is 0 Å². The molecule has 154 valence electrons. The minimum atomic E-state index is 0.0298. The van der Waals surface area contributed by atoms with E-state index >= 15 is 0 Å². The van der Waals surface area contributed by atoms with Crippen LogP contribution in [0.2, 0.25) is 0 Å². The number of methoxy groups -OCH3 is 1. The summed E-state index contributed by atoms with van der Waals surface area (Å²) in [7, 11) is 5.65. The molecule has 1 aromatic rings. The van der Waals surface area contributed by atoms with Crippen LogP contribution in [0.15, 0.2) is 24.3 Å². The van der Waals surface area contributed by atoms with E-state index in [9.17, 15) is 9.59 Å². The maximum Gasteiger partial charge on any atom is 0.253 e. The lowest BCUT2D eigenvalue weighted by Gasteiger charge is -2.32. The molecule has 2 aliphatic rings. The fraction of sp³-hybridized carbons (Fsp3) is 0.619. The summed E-state index contributed by atoms with van der Waals surface area (Å²) < 4.78 is 11.0. The monoisotopic (exact) mass is 389 g/mol. The number of ether oxygens (including phenoxy) is 2. The largest absolute Gasteiger partial charge is 0.490 e. The van der Waals surface area contributed by atoms with Crippen molar-refractivity contribution in [3.05, 3.63) is 29.8 Å². The van der Waals surface area contributed by atoms with Crippen molar-refractivity contribution in [3.63, 3.8) is 0 Å². The summed E-state index contributed by atoms with van der Waals surface area (Å²) in [6.45, 7) is 3.09. The first-order valence-electron chi connectivity index (χ1n) is 9.97. The van der Waals surface area contributed by atoms with Crippen LogP contribution in [0.1, 0.15) is 29.6 Å². The van der Waals surface area contributed by atoms with E-state index in [2.05, 4.69) is 19.0 Å². The number of hydrogen-bond donors (Lipinski definition) is 0. The predicted molar refractivity (Wildman–Crippen MR) is 107 cm³/mol.